The lowest BCUT2D eigenvalue weighted by Crippen LogP contribution is -2.38. The number of aromatic nitrogens is 1. The molecule has 2 aromatic carbocycles. The Balaban J connectivity index is 1.69. The summed E-state index contributed by atoms with van der Waals surface area (Å²) in [5, 5.41) is 6.33. The van der Waals surface area contributed by atoms with Gasteiger partial charge in [-0.25, -0.2) is 0 Å². The number of carbonyl (C=O) groups is 1. The number of para-hydroxylation sites is 1. The van der Waals surface area contributed by atoms with Crippen molar-refractivity contribution in [3.63, 3.8) is 0 Å². The van der Waals surface area contributed by atoms with E-state index in [1.807, 2.05) is 80.6 Å². The average Bonchev–Trinajstić information content (AvgIpc) is 2.68. The van der Waals surface area contributed by atoms with Crippen molar-refractivity contribution in [1.82, 2.24) is 4.98 Å². The Hall–Kier alpha value is -3.14. The zero-order valence-corrected chi connectivity index (χ0v) is 15.0. The molecular formula is C22H23N3O. The van der Waals surface area contributed by atoms with Crippen molar-refractivity contribution in [2.45, 2.75) is 19.9 Å². The number of hydrogen-bond donors (Lipinski definition) is 2. The van der Waals surface area contributed by atoms with Gasteiger partial charge in [0, 0.05) is 23.8 Å². The lowest BCUT2D eigenvalue weighted by Gasteiger charge is -2.23. The van der Waals surface area contributed by atoms with Crippen LogP contribution < -0.4 is 10.6 Å². The molecule has 0 saturated carbocycles. The van der Waals surface area contributed by atoms with E-state index in [1.165, 1.54) is 0 Å². The number of pyridine rings is 1. The molecule has 2 N–H and O–H groups in total. The van der Waals surface area contributed by atoms with Crippen LogP contribution in [0.3, 0.4) is 0 Å². The largest absolute Gasteiger partial charge is 0.373 e. The van der Waals surface area contributed by atoms with Crippen molar-refractivity contribution >= 4 is 17.3 Å². The SMILES string of the molecule is CC(C)[C@@H](Nc1ccccc1)C(=O)Nc1ccc(-c2ccncc2)cc1. The van der Waals surface area contributed by atoms with Crippen molar-refractivity contribution in [1.29, 1.82) is 0 Å². The van der Waals surface area contributed by atoms with E-state index in [0.29, 0.717) is 0 Å². The quantitative estimate of drug-likeness (QED) is 0.673. The van der Waals surface area contributed by atoms with Gasteiger partial charge in [0.1, 0.15) is 6.04 Å². The minimum atomic E-state index is -0.308. The Labute approximate surface area is 154 Å². The molecule has 0 aliphatic rings. The van der Waals surface area contributed by atoms with Crippen molar-refractivity contribution < 1.29 is 4.79 Å². The van der Waals surface area contributed by atoms with Crippen LogP contribution in [0.5, 0.6) is 0 Å². The molecule has 26 heavy (non-hydrogen) atoms. The molecular weight excluding hydrogens is 322 g/mol. The number of nitrogens with one attached hydrogen (secondary N) is 2. The molecule has 132 valence electrons. The van der Waals surface area contributed by atoms with Crippen LogP contribution in [0, 0.1) is 5.92 Å². The summed E-state index contributed by atoms with van der Waals surface area (Å²) in [5.74, 6) is 0.117. The maximum absolute atomic E-state index is 12.7. The van der Waals surface area contributed by atoms with Gasteiger partial charge in [0.25, 0.3) is 0 Å². The summed E-state index contributed by atoms with van der Waals surface area (Å²) in [4.78, 5) is 16.8. The zero-order chi connectivity index (χ0) is 18.4. The summed E-state index contributed by atoms with van der Waals surface area (Å²) in [5.41, 5.74) is 3.92. The molecule has 1 heterocycles. The van der Waals surface area contributed by atoms with Crippen LogP contribution in [0.2, 0.25) is 0 Å². The number of benzene rings is 2. The van der Waals surface area contributed by atoms with Crippen LogP contribution in [0.4, 0.5) is 11.4 Å². The van der Waals surface area contributed by atoms with Crippen LogP contribution in [0.1, 0.15) is 13.8 Å². The second-order valence-electron chi connectivity index (χ2n) is 6.53. The normalized spacial score (nSPS) is 11.8. The molecule has 4 nitrogen and oxygen atoms in total. The summed E-state index contributed by atoms with van der Waals surface area (Å²) in [6.07, 6.45) is 3.54. The lowest BCUT2D eigenvalue weighted by molar-refractivity contribution is -0.117. The van der Waals surface area contributed by atoms with Gasteiger partial charge in [-0.2, -0.15) is 0 Å². The maximum Gasteiger partial charge on any atom is 0.247 e. The van der Waals surface area contributed by atoms with Gasteiger partial charge >= 0.3 is 0 Å². The molecule has 1 atom stereocenters. The van der Waals surface area contributed by atoms with E-state index in [9.17, 15) is 4.79 Å². The third-order valence-corrected chi connectivity index (χ3v) is 4.21. The monoisotopic (exact) mass is 345 g/mol. The highest BCUT2D eigenvalue weighted by molar-refractivity contribution is 5.97. The highest BCUT2D eigenvalue weighted by Crippen LogP contribution is 2.21. The van der Waals surface area contributed by atoms with Gasteiger partial charge in [-0.15, -0.1) is 0 Å². The molecule has 0 radical (unpaired) electrons. The van der Waals surface area contributed by atoms with Crippen molar-refractivity contribution in [3.05, 3.63) is 79.1 Å². The van der Waals surface area contributed by atoms with E-state index in [-0.39, 0.29) is 17.9 Å². The first kappa shape index (κ1) is 17.7. The van der Waals surface area contributed by atoms with E-state index >= 15 is 0 Å². The number of carbonyl (C=O) groups excluding carboxylic acids is 1. The summed E-state index contributed by atoms with van der Waals surface area (Å²) in [6, 6.07) is 21.3. The van der Waals surface area contributed by atoms with Gasteiger partial charge in [-0.3, -0.25) is 9.78 Å². The Bertz CT molecular complexity index is 830. The minimum Gasteiger partial charge on any atom is -0.373 e. The number of anilines is 2. The Morgan fingerprint density at radius 3 is 2.04 bits per heavy atom. The summed E-state index contributed by atoms with van der Waals surface area (Å²) >= 11 is 0. The zero-order valence-electron chi connectivity index (χ0n) is 15.0. The summed E-state index contributed by atoms with van der Waals surface area (Å²) in [6.45, 7) is 4.07. The standard InChI is InChI=1S/C22H23N3O/c1-16(2)21(24-19-6-4-3-5-7-19)22(26)25-20-10-8-17(9-11-20)18-12-14-23-15-13-18/h3-16,21,24H,1-2H3,(H,25,26)/t21-/m1/s1. The first-order valence-corrected chi connectivity index (χ1v) is 8.76. The number of hydrogen-bond acceptors (Lipinski definition) is 3. The molecule has 1 amide bonds. The molecule has 3 aromatic rings. The van der Waals surface area contributed by atoms with Gasteiger partial charge in [0.2, 0.25) is 5.91 Å². The Morgan fingerprint density at radius 1 is 0.808 bits per heavy atom. The first-order valence-electron chi connectivity index (χ1n) is 8.76. The van der Waals surface area contributed by atoms with Crippen molar-refractivity contribution in [3.8, 4) is 11.1 Å². The van der Waals surface area contributed by atoms with E-state index < -0.39 is 0 Å². The van der Waals surface area contributed by atoms with Gasteiger partial charge in [-0.1, -0.05) is 44.2 Å². The Morgan fingerprint density at radius 2 is 1.42 bits per heavy atom. The highest BCUT2D eigenvalue weighted by atomic mass is 16.2. The number of amides is 1. The molecule has 0 aliphatic heterocycles. The molecule has 4 heteroatoms. The average molecular weight is 345 g/mol. The number of nitrogens with zero attached hydrogens (tertiary/aromatic N) is 1. The number of rotatable bonds is 6. The van der Waals surface area contributed by atoms with Gasteiger partial charge in [0.05, 0.1) is 0 Å². The van der Waals surface area contributed by atoms with Crippen LogP contribution in [0.25, 0.3) is 11.1 Å². The van der Waals surface area contributed by atoms with Crippen molar-refractivity contribution in [2.24, 2.45) is 5.92 Å². The van der Waals surface area contributed by atoms with Crippen LogP contribution in [-0.2, 0) is 4.79 Å². The van der Waals surface area contributed by atoms with E-state index in [0.717, 1.165) is 22.5 Å². The molecule has 0 spiro atoms. The molecule has 0 fully saturated rings. The van der Waals surface area contributed by atoms with E-state index in [1.54, 1.807) is 12.4 Å². The van der Waals surface area contributed by atoms with Gasteiger partial charge in [0.15, 0.2) is 0 Å². The second-order valence-corrected chi connectivity index (χ2v) is 6.53. The predicted octanol–water partition coefficient (Wildman–Crippen LogP) is 4.82. The van der Waals surface area contributed by atoms with Gasteiger partial charge < -0.3 is 10.6 Å². The molecule has 1 aromatic heterocycles. The van der Waals surface area contributed by atoms with Crippen LogP contribution in [-0.4, -0.2) is 16.9 Å². The smallest absolute Gasteiger partial charge is 0.247 e. The lowest BCUT2D eigenvalue weighted by atomic mass is 10.0. The third-order valence-electron chi connectivity index (χ3n) is 4.21. The van der Waals surface area contributed by atoms with Crippen LogP contribution >= 0.6 is 0 Å². The molecule has 0 unspecified atom stereocenters. The molecule has 3 rings (SSSR count). The predicted molar refractivity (Wildman–Crippen MR) is 107 cm³/mol. The third kappa shape index (κ3) is 4.48. The summed E-state index contributed by atoms with van der Waals surface area (Å²) < 4.78 is 0. The molecule has 0 saturated heterocycles. The van der Waals surface area contributed by atoms with Gasteiger partial charge in [-0.05, 0) is 53.4 Å². The molecule has 0 aliphatic carbocycles. The fourth-order valence-electron chi connectivity index (χ4n) is 2.76. The minimum absolute atomic E-state index is 0.0412. The molecule has 0 bridgehead atoms. The topological polar surface area (TPSA) is 54.0 Å². The summed E-state index contributed by atoms with van der Waals surface area (Å²) in [7, 11) is 0. The fraction of sp³-hybridized carbons (Fsp3) is 0.182. The Kier molecular flexibility index (Phi) is 5.64. The maximum atomic E-state index is 12.7. The van der Waals surface area contributed by atoms with E-state index in [2.05, 4.69) is 15.6 Å². The fourth-order valence-corrected chi connectivity index (χ4v) is 2.76. The highest BCUT2D eigenvalue weighted by Gasteiger charge is 2.22. The van der Waals surface area contributed by atoms with Crippen molar-refractivity contribution in [2.75, 3.05) is 10.6 Å². The first-order chi connectivity index (χ1) is 12.6. The van der Waals surface area contributed by atoms with Crippen LogP contribution in [0.15, 0.2) is 79.1 Å². The van der Waals surface area contributed by atoms with E-state index in [4.69, 9.17) is 0 Å². The second kappa shape index (κ2) is 8.30.